The van der Waals surface area contributed by atoms with Crippen LogP contribution >= 0.6 is 11.6 Å². The number of hydrogen-bond donors (Lipinski definition) is 1. The fourth-order valence-electron chi connectivity index (χ4n) is 2.77. The highest BCUT2D eigenvalue weighted by Gasteiger charge is 2.21. The summed E-state index contributed by atoms with van der Waals surface area (Å²) in [6.45, 7) is 4.29. The maximum absolute atomic E-state index is 6.04. The van der Waals surface area contributed by atoms with Crippen LogP contribution in [0, 0.1) is 0 Å². The van der Waals surface area contributed by atoms with Crippen molar-refractivity contribution in [2.24, 2.45) is 0 Å². The zero-order valence-corrected chi connectivity index (χ0v) is 11.2. The molecule has 0 bridgehead atoms. The topological polar surface area (TPSA) is 29.3 Å². The molecular formula is C14H21ClN2. The average molecular weight is 253 g/mol. The van der Waals surface area contributed by atoms with Crippen LogP contribution in [-0.2, 0) is 6.54 Å². The van der Waals surface area contributed by atoms with Crippen molar-refractivity contribution in [1.82, 2.24) is 4.90 Å². The highest BCUT2D eigenvalue weighted by Crippen LogP contribution is 2.26. The Bertz CT molecular complexity index is 352. The summed E-state index contributed by atoms with van der Waals surface area (Å²) < 4.78 is 0. The maximum Gasteiger partial charge on any atom is 0.0429 e. The molecule has 0 saturated heterocycles. The summed E-state index contributed by atoms with van der Waals surface area (Å²) in [6, 6.07) is 6.61. The fourth-order valence-corrected chi connectivity index (χ4v) is 3.04. The van der Waals surface area contributed by atoms with Crippen LogP contribution in [0.25, 0.3) is 0 Å². The molecule has 3 heteroatoms. The lowest BCUT2D eigenvalue weighted by atomic mass is 10.1. The smallest absolute Gasteiger partial charge is 0.0429 e. The Kier molecular flexibility index (Phi) is 4.30. The Morgan fingerprint density at radius 1 is 1.29 bits per heavy atom. The molecule has 2 rings (SSSR count). The van der Waals surface area contributed by atoms with Crippen molar-refractivity contribution in [1.29, 1.82) is 0 Å². The number of rotatable bonds is 4. The van der Waals surface area contributed by atoms with E-state index < -0.39 is 0 Å². The van der Waals surface area contributed by atoms with Crippen LogP contribution in [0.4, 0.5) is 5.69 Å². The number of halogens is 1. The minimum absolute atomic E-state index is 0.738. The first-order valence-corrected chi connectivity index (χ1v) is 6.86. The van der Waals surface area contributed by atoms with Crippen LogP contribution in [0.2, 0.25) is 5.02 Å². The first kappa shape index (κ1) is 12.7. The van der Waals surface area contributed by atoms with Gasteiger partial charge in [0.2, 0.25) is 0 Å². The van der Waals surface area contributed by atoms with E-state index in [2.05, 4.69) is 11.8 Å². The van der Waals surface area contributed by atoms with Gasteiger partial charge in [0.25, 0.3) is 0 Å². The molecule has 0 aliphatic heterocycles. The number of nitrogens with zero attached hydrogens (tertiary/aromatic N) is 1. The van der Waals surface area contributed by atoms with E-state index in [0.717, 1.165) is 29.8 Å². The van der Waals surface area contributed by atoms with Gasteiger partial charge in [-0.2, -0.15) is 0 Å². The van der Waals surface area contributed by atoms with Crippen LogP contribution in [-0.4, -0.2) is 17.5 Å². The molecule has 0 aromatic heterocycles. The van der Waals surface area contributed by atoms with E-state index in [1.54, 1.807) is 6.07 Å². The predicted octanol–water partition coefficient (Wildman–Crippen LogP) is 3.69. The summed E-state index contributed by atoms with van der Waals surface area (Å²) in [5.41, 5.74) is 7.81. The number of nitrogens with two attached hydrogens (primary N) is 1. The van der Waals surface area contributed by atoms with E-state index in [9.17, 15) is 0 Å². The number of benzene rings is 1. The minimum atomic E-state index is 0.738. The first-order valence-electron chi connectivity index (χ1n) is 6.48. The number of anilines is 1. The molecule has 0 atom stereocenters. The van der Waals surface area contributed by atoms with Gasteiger partial charge in [-0.25, -0.2) is 0 Å². The fraction of sp³-hybridized carbons (Fsp3) is 0.571. The quantitative estimate of drug-likeness (QED) is 0.829. The Balaban J connectivity index is 2.06. The van der Waals surface area contributed by atoms with Crippen LogP contribution < -0.4 is 5.73 Å². The molecule has 1 aliphatic carbocycles. The molecule has 0 radical (unpaired) electrons. The van der Waals surface area contributed by atoms with Gasteiger partial charge in [-0.3, -0.25) is 4.90 Å². The van der Waals surface area contributed by atoms with Gasteiger partial charge < -0.3 is 5.73 Å². The molecule has 1 aromatic rings. The molecule has 0 heterocycles. The molecule has 0 amide bonds. The van der Waals surface area contributed by atoms with Crippen molar-refractivity contribution < 1.29 is 0 Å². The van der Waals surface area contributed by atoms with Crippen molar-refractivity contribution in [3.05, 3.63) is 28.8 Å². The Labute approximate surface area is 109 Å². The van der Waals surface area contributed by atoms with Crippen LogP contribution in [0.3, 0.4) is 0 Å². The van der Waals surface area contributed by atoms with E-state index >= 15 is 0 Å². The van der Waals surface area contributed by atoms with Crippen LogP contribution in [0.5, 0.6) is 0 Å². The molecule has 2 N–H and O–H groups in total. The van der Waals surface area contributed by atoms with Gasteiger partial charge in [0.15, 0.2) is 0 Å². The normalized spacial score (nSPS) is 16.9. The summed E-state index contributed by atoms with van der Waals surface area (Å²) in [7, 11) is 0. The van der Waals surface area contributed by atoms with E-state index in [4.69, 9.17) is 17.3 Å². The van der Waals surface area contributed by atoms with Crippen molar-refractivity contribution in [2.75, 3.05) is 12.3 Å². The van der Waals surface area contributed by atoms with Crippen molar-refractivity contribution in [3.8, 4) is 0 Å². The van der Waals surface area contributed by atoms with Gasteiger partial charge in [0.05, 0.1) is 0 Å². The lowest BCUT2D eigenvalue weighted by molar-refractivity contribution is 0.200. The average Bonchev–Trinajstić information content (AvgIpc) is 2.77. The predicted molar refractivity (Wildman–Crippen MR) is 74.2 cm³/mol. The van der Waals surface area contributed by atoms with Gasteiger partial charge >= 0.3 is 0 Å². The highest BCUT2D eigenvalue weighted by molar-refractivity contribution is 6.30. The molecule has 1 fully saturated rings. The molecular weight excluding hydrogens is 232 g/mol. The second kappa shape index (κ2) is 5.74. The third-order valence-electron chi connectivity index (χ3n) is 3.61. The molecule has 1 aliphatic rings. The third-order valence-corrected chi connectivity index (χ3v) is 3.83. The van der Waals surface area contributed by atoms with Crippen LogP contribution in [0.1, 0.15) is 38.2 Å². The van der Waals surface area contributed by atoms with Gasteiger partial charge in [0.1, 0.15) is 0 Å². The second-order valence-corrected chi connectivity index (χ2v) is 5.33. The Morgan fingerprint density at radius 2 is 2.00 bits per heavy atom. The van der Waals surface area contributed by atoms with Gasteiger partial charge in [-0.15, -0.1) is 0 Å². The van der Waals surface area contributed by atoms with Crippen LogP contribution in [0.15, 0.2) is 18.2 Å². The lowest BCUT2D eigenvalue weighted by Gasteiger charge is -2.27. The zero-order chi connectivity index (χ0) is 12.3. The largest absolute Gasteiger partial charge is 0.399 e. The van der Waals surface area contributed by atoms with Gasteiger partial charge in [-0.1, -0.05) is 31.4 Å². The van der Waals surface area contributed by atoms with Crippen molar-refractivity contribution in [2.45, 2.75) is 45.2 Å². The molecule has 0 spiro atoms. The molecule has 1 saturated carbocycles. The zero-order valence-electron chi connectivity index (χ0n) is 10.5. The third kappa shape index (κ3) is 3.36. The second-order valence-electron chi connectivity index (χ2n) is 4.89. The highest BCUT2D eigenvalue weighted by atomic mass is 35.5. The lowest BCUT2D eigenvalue weighted by Crippen LogP contribution is -2.32. The summed E-state index contributed by atoms with van der Waals surface area (Å²) in [5.74, 6) is 0. The van der Waals surface area contributed by atoms with E-state index in [-0.39, 0.29) is 0 Å². The van der Waals surface area contributed by atoms with Gasteiger partial charge in [-0.05, 0) is 43.1 Å². The summed E-state index contributed by atoms with van der Waals surface area (Å²) in [5, 5.41) is 0.738. The summed E-state index contributed by atoms with van der Waals surface area (Å²) in [6.07, 6.45) is 5.42. The van der Waals surface area contributed by atoms with E-state index in [1.165, 1.54) is 31.2 Å². The molecule has 1 aromatic carbocycles. The molecule has 0 unspecified atom stereocenters. The summed E-state index contributed by atoms with van der Waals surface area (Å²) >= 11 is 6.04. The Hall–Kier alpha value is -0.730. The van der Waals surface area contributed by atoms with E-state index in [0.29, 0.717) is 0 Å². The standard InChI is InChI=1S/C14H21ClN2/c1-2-17(14-5-3-4-6-14)10-11-7-12(15)9-13(16)8-11/h7-9,14H,2-6,10,16H2,1H3. The SMILES string of the molecule is CCN(Cc1cc(N)cc(Cl)c1)C1CCCC1. The monoisotopic (exact) mass is 252 g/mol. The molecule has 94 valence electrons. The molecule has 17 heavy (non-hydrogen) atoms. The van der Waals surface area contributed by atoms with Crippen molar-refractivity contribution >= 4 is 17.3 Å². The van der Waals surface area contributed by atoms with Crippen molar-refractivity contribution in [3.63, 3.8) is 0 Å². The number of nitrogen functional groups attached to an aromatic ring is 1. The first-order chi connectivity index (χ1) is 8.19. The maximum atomic E-state index is 6.04. The minimum Gasteiger partial charge on any atom is -0.399 e. The number of hydrogen-bond acceptors (Lipinski definition) is 2. The Morgan fingerprint density at radius 3 is 2.59 bits per heavy atom. The van der Waals surface area contributed by atoms with E-state index in [1.807, 2.05) is 12.1 Å². The summed E-state index contributed by atoms with van der Waals surface area (Å²) in [4.78, 5) is 2.54. The molecule has 2 nitrogen and oxygen atoms in total. The van der Waals surface area contributed by atoms with Gasteiger partial charge in [0, 0.05) is 23.3 Å².